The van der Waals surface area contributed by atoms with Gasteiger partial charge < -0.3 is 9.64 Å². The fourth-order valence-electron chi connectivity index (χ4n) is 4.90. The summed E-state index contributed by atoms with van der Waals surface area (Å²) in [7, 11) is 2.07. The standard InChI is InChI=1S/C27H31F2N5O/c1-6-16(2)34-15-27(3,4)35-26-21(28)8-17(9-23(26)34)25-22(29)12-31-24(32-25)10-20-7-18-13-33(5)14-19(18)11-30-20/h7-9,11-12,16H,6,10,13-15H2,1-5H3. The van der Waals surface area contributed by atoms with Crippen LogP contribution in [0.15, 0.2) is 30.6 Å². The van der Waals surface area contributed by atoms with Gasteiger partial charge in [-0.2, -0.15) is 0 Å². The van der Waals surface area contributed by atoms with Gasteiger partial charge in [0.15, 0.2) is 17.4 Å². The molecule has 5 rings (SSSR count). The largest absolute Gasteiger partial charge is 0.481 e. The van der Waals surface area contributed by atoms with E-state index in [2.05, 4.69) is 51.7 Å². The number of hydrogen-bond acceptors (Lipinski definition) is 6. The Morgan fingerprint density at radius 1 is 1.06 bits per heavy atom. The number of aromatic nitrogens is 3. The normalized spacial score (nSPS) is 17.6. The molecule has 1 aromatic carbocycles. The summed E-state index contributed by atoms with van der Waals surface area (Å²) in [5.74, 6) is -0.479. The lowest BCUT2D eigenvalue weighted by molar-refractivity contribution is 0.0960. The van der Waals surface area contributed by atoms with Gasteiger partial charge in [0.2, 0.25) is 0 Å². The van der Waals surface area contributed by atoms with E-state index in [4.69, 9.17) is 4.74 Å². The molecule has 0 aliphatic carbocycles. The lowest BCUT2D eigenvalue weighted by Gasteiger charge is -2.44. The molecule has 2 aliphatic heterocycles. The summed E-state index contributed by atoms with van der Waals surface area (Å²) in [4.78, 5) is 17.6. The highest BCUT2D eigenvalue weighted by molar-refractivity contribution is 5.72. The van der Waals surface area contributed by atoms with E-state index < -0.39 is 17.2 Å². The fourth-order valence-corrected chi connectivity index (χ4v) is 4.90. The van der Waals surface area contributed by atoms with Crippen LogP contribution in [0.2, 0.25) is 0 Å². The smallest absolute Gasteiger partial charge is 0.179 e. The van der Waals surface area contributed by atoms with E-state index in [1.165, 1.54) is 17.2 Å². The number of hydrogen-bond donors (Lipinski definition) is 0. The van der Waals surface area contributed by atoms with Crippen LogP contribution < -0.4 is 9.64 Å². The zero-order chi connectivity index (χ0) is 24.9. The summed E-state index contributed by atoms with van der Waals surface area (Å²) < 4.78 is 36.2. The number of rotatable bonds is 5. The average molecular weight is 480 g/mol. The zero-order valence-corrected chi connectivity index (χ0v) is 20.9. The number of anilines is 1. The van der Waals surface area contributed by atoms with Gasteiger partial charge in [-0.1, -0.05) is 6.92 Å². The molecule has 0 radical (unpaired) electrons. The minimum absolute atomic E-state index is 0.0755. The molecule has 0 N–H and O–H groups in total. The van der Waals surface area contributed by atoms with Crippen LogP contribution in [0, 0.1) is 11.6 Å². The van der Waals surface area contributed by atoms with Gasteiger partial charge >= 0.3 is 0 Å². The Labute approximate surface area is 205 Å². The fraction of sp³-hybridized carbons (Fsp3) is 0.444. The summed E-state index contributed by atoms with van der Waals surface area (Å²) in [5, 5.41) is 0. The van der Waals surface area contributed by atoms with Crippen LogP contribution in [0.25, 0.3) is 11.3 Å². The summed E-state index contributed by atoms with van der Waals surface area (Å²) >= 11 is 0. The van der Waals surface area contributed by atoms with Crippen LogP contribution in [-0.4, -0.2) is 45.1 Å². The van der Waals surface area contributed by atoms with Gasteiger partial charge in [0.1, 0.15) is 17.1 Å². The van der Waals surface area contributed by atoms with Crippen LogP contribution in [0.4, 0.5) is 14.5 Å². The maximum atomic E-state index is 15.3. The topological polar surface area (TPSA) is 54.4 Å². The lowest BCUT2D eigenvalue weighted by Crippen LogP contribution is -2.50. The predicted octanol–water partition coefficient (Wildman–Crippen LogP) is 5.13. The average Bonchev–Trinajstić information content (AvgIpc) is 3.18. The number of ether oxygens (including phenoxy) is 1. The third-order valence-corrected chi connectivity index (χ3v) is 6.81. The third kappa shape index (κ3) is 4.59. The molecular weight excluding hydrogens is 448 g/mol. The molecule has 3 aromatic rings. The monoisotopic (exact) mass is 479 g/mol. The van der Waals surface area contributed by atoms with Gasteiger partial charge in [0.25, 0.3) is 0 Å². The van der Waals surface area contributed by atoms with Gasteiger partial charge in [0, 0.05) is 36.6 Å². The lowest BCUT2D eigenvalue weighted by atomic mass is 10.00. The van der Waals surface area contributed by atoms with Gasteiger partial charge in [0.05, 0.1) is 24.8 Å². The molecule has 1 unspecified atom stereocenters. The first-order valence-electron chi connectivity index (χ1n) is 12.1. The molecule has 0 amide bonds. The number of benzene rings is 1. The van der Waals surface area contributed by atoms with Crippen molar-refractivity contribution in [2.75, 3.05) is 18.5 Å². The first-order valence-corrected chi connectivity index (χ1v) is 12.1. The second kappa shape index (κ2) is 8.82. The number of fused-ring (bicyclic) bond motifs is 2. The maximum absolute atomic E-state index is 15.3. The Hall–Kier alpha value is -3.13. The van der Waals surface area contributed by atoms with Crippen LogP contribution >= 0.6 is 0 Å². The minimum atomic E-state index is -0.594. The summed E-state index contributed by atoms with van der Waals surface area (Å²) in [6.45, 7) is 10.4. The Kier molecular flexibility index (Phi) is 5.95. The number of nitrogens with zero attached hydrogens (tertiary/aromatic N) is 5. The van der Waals surface area contributed by atoms with Crippen molar-refractivity contribution in [2.24, 2.45) is 0 Å². The Balaban J connectivity index is 1.51. The first-order chi connectivity index (χ1) is 16.6. The highest BCUT2D eigenvalue weighted by Gasteiger charge is 2.36. The molecule has 0 spiro atoms. The summed E-state index contributed by atoms with van der Waals surface area (Å²) in [5.41, 5.74) is 3.81. The highest BCUT2D eigenvalue weighted by atomic mass is 19.1. The maximum Gasteiger partial charge on any atom is 0.179 e. The Bertz CT molecular complexity index is 1280. The van der Waals surface area contributed by atoms with Crippen molar-refractivity contribution < 1.29 is 13.5 Å². The molecular formula is C27H31F2N5O. The second-order valence-electron chi connectivity index (χ2n) is 10.3. The molecule has 8 heteroatoms. The van der Waals surface area contributed by atoms with E-state index in [0.29, 0.717) is 30.0 Å². The van der Waals surface area contributed by atoms with E-state index in [1.807, 2.05) is 20.0 Å². The van der Waals surface area contributed by atoms with Crippen molar-refractivity contribution in [1.29, 1.82) is 0 Å². The molecule has 2 aromatic heterocycles. The van der Waals surface area contributed by atoms with Crippen molar-refractivity contribution in [1.82, 2.24) is 19.9 Å². The quantitative estimate of drug-likeness (QED) is 0.506. The van der Waals surface area contributed by atoms with E-state index in [9.17, 15) is 4.39 Å². The predicted molar refractivity (Wildman–Crippen MR) is 131 cm³/mol. The number of pyridine rings is 1. The van der Waals surface area contributed by atoms with Gasteiger partial charge in [-0.3, -0.25) is 9.88 Å². The molecule has 0 fully saturated rings. The molecule has 2 aliphatic rings. The van der Waals surface area contributed by atoms with Crippen LogP contribution in [0.3, 0.4) is 0 Å². The summed E-state index contributed by atoms with van der Waals surface area (Å²) in [6, 6.07) is 5.31. The van der Waals surface area contributed by atoms with E-state index in [0.717, 1.165) is 31.4 Å². The Morgan fingerprint density at radius 3 is 2.60 bits per heavy atom. The minimum Gasteiger partial charge on any atom is -0.481 e. The molecule has 1 atom stereocenters. The van der Waals surface area contributed by atoms with Crippen molar-refractivity contribution >= 4 is 5.69 Å². The van der Waals surface area contributed by atoms with Gasteiger partial charge in [-0.05, 0) is 63.6 Å². The van der Waals surface area contributed by atoms with Crippen molar-refractivity contribution in [3.05, 3.63) is 64.9 Å². The molecule has 0 bridgehead atoms. The summed E-state index contributed by atoms with van der Waals surface area (Å²) in [6.07, 6.45) is 4.30. The molecule has 35 heavy (non-hydrogen) atoms. The van der Waals surface area contributed by atoms with E-state index in [1.54, 1.807) is 6.07 Å². The molecule has 184 valence electrons. The van der Waals surface area contributed by atoms with Crippen LogP contribution in [0.1, 0.15) is 56.8 Å². The second-order valence-corrected chi connectivity index (χ2v) is 10.3. The van der Waals surface area contributed by atoms with Crippen LogP contribution in [0.5, 0.6) is 5.75 Å². The third-order valence-electron chi connectivity index (χ3n) is 6.81. The number of halogens is 2. The van der Waals surface area contributed by atoms with E-state index >= 15 is 4.39 Å². The Morgan fingerprint density at radius 2 is 1.83 bits per heavy atom. The zero-order valence-electron chi connectivity index (χ0n) is 20.9. The van der Waals surface area contributed by atoms with Crippen LogP contribution in [-0.2, 0) is 19.5 Å². The van der Waals surface area contributed by atoms with Crippen molar-refractivity contribution in [3.8, 4) is 17.0 Å². The van der Waals surface area contributed by atoms with E-state index in [-0.39, 0.29) is 17.5 Å². The van der Waals surface area contributed by atoms with Gasteiger partial charge in [-0.25, -0.2) is 18.7 Å². The SMILES string of the molecule is CCC(C)N1CC(C)(C)Oc2c(F)cc(-c3nc(Cc4cc5c(cn4)CN(C)C5)ncc3F)cc21. The van der Waals surface area contributed by atoms with Gasteiger partial charge in [-0.15, -0.1) is 0 Å². The highest BCUT2D eigenvalue weighted by Crippen LogP contribution is 2.43. The van der Waals surface area contributed by atoms with Crippen molar-refractivity contribution in [3.63, 3.8) is 0 Å². The first kappa shape index (κ1) is 23.6. The molecule has 6 nitrogen and oxygen atoms in total. The molecule has 0 saturated carbocycles. The molecule has 0 saturated heterocycles. The molecule has 4 heterocycles. The van der Waals surface area contributed by atoms with Crippen molar-refractivity contribution in [2.45, 2.75) is 65.3 Å².